The van der Waals surface area contributed by atoms with Crippen LogP contribution in [0, 0.1) is 0 Å². The molecule has 0 saturated carbocycles. The van der Waals surface area contributed by atoms with E-state index in [4.69, 9.17) is 4.74 Å². The number of ether oxygens (including phenoxy) is 1. The van der Waals surface area contributed by atoms with Crippen LogP contribution in [0.3, 0.4) is 0 Å². The van der Waals surface area contributed by atoms with Crippen LogP contribution in [0.5, 0.6) is 5.75 Å². The van der Waals surface area contributed by atoms with E-state index < -0.39 is 0 Å². The van der Waals surface area contributed by atoms with Crippen molar-refractivity contribution in [3.05, 3.63) is 29.3 Å². The van der Waals surface area contributed by atoms with Gasteiger partial charge in [0.25, 0.3) is 0 Å². The number of nitrogens with zero attached hydrogens (tertiary/aromatic N) is 1. The Balaban J connectivity index is 1.70. The van der Waals surface area contributed by atoms with Gasteiger partial charge < -0.3 is 9.64 Å². The van der Waals surface area contributed by atoms with Crippen LogP contribution in [0.25, 0.3) is 0 Å². The van der Waals surface area contributed by atoms with Crippen LogP contribution in [-0.4, -0.2) is 30.6 Å². The summed E-state index contributed by atoms with van der Waals surface area (Å²) in [4.78, 5) is 2.55. The Kier molecular flexibility index (Phi) is 4.02. The summed E-state index contributed by atoms with van der Waals surface area (Å²) in [6.07, 6.45) is 6.92. The predicted octanol–water partition coefficient (Wildman–Crippen LogP) is 3.99. The molecule has 1 heterocycles. The van der Waals surface area contributed by atoms with Crippen LogP contribution in [0.2, 0.25) is 0 Å². The van der Waals surface area contributed by atoms with Gasteiger partial charge in [0, 0.05) is 6.04 Å². The summed E-state index contributed by atoms with van der Waals surface area (Å²) >= 11 is 0. The van der Waals surface area contributed by atoms with Gasteiger partial charge in [0.1, 0.15) is 5.75 Å². The molecule has 0 bridgehead atoms. The highest BCUT2D eigenvalue weighted by Crippen LogP contribution is 2.39. The lowest BCUT2D eigenvalue weighted by Crippen LogP contribution is -2.26. The molecule has 2 atom stereocenters. The molecule has 0 amide bonds. The maximum atomic E-state index is 5.82. The highest BCUT2D eigenvalue weighted by Gasteiger charge is 2.29. The average Bonchev–Trinajstić information content (AvgIpc) is 2.97. The fourth-order valence-electron chi connectivity index (χ4n) is 3.88. The molecule has 1 aliphatic carbocycles. The van der Waals surface area contributed by atoms with Crippen LogP contribution in [0.15, 0.2) is 18.2 Å². The molecule has 1 aliphatic heterocycles. The molecule has 0 spiro atoms. The number of aryl methyl sites for hydroxylation is 1. The Morgan fingerprint density at radius 3 is 2.85 bits per heavy atom. The Bertz CT molecular complexity index is 468. The number of fused-ring (bicyclic) bond motifs is 1. The summed E-state index contributed by atoms with van der Waals surface area (Å²) in [5, 5.41) is 0. The second-order valence-corrected chi connectivity index (χ2v) is 6.78. The van der Waals surface area contributed by atoms with E-state index in [1.165, 1.54) is 44.2 Å². The molecule has 1 saturated heterocycles. The van der Waals surface area contributed by atoms with Crippen LogP contribution in [-0.2, 0) is 6.42 Å². The van der Waals surface area contributed by atoms with E-state index in [-0.39, 0.29) is 6.10 Å². The summed E-state index contributed by atoms with van der Waals surface area (Å²) in [6, 6.07) is 7.56. The van der Waals surface area contributed by atoms with Gasteiger partial charge in [0.15, 0.2) is 0 Å². The molecule has 2 nitrogen and oxygen atoms in total. The van der Waals surface area contributed by atoms with Crippen LogP contribution >= 0.6 is 0 Å². The molecule has 3 rings (SSSR count). The van der Waals surface area contributed by atoms with Crippen LogP contribution in [0.4, 0.5) is 0 Å². The van der Waals surface area contributed by atoms with E-state index in [1.807, 2.05) is 0 Å². The van der Waals surface area contributed by atoms with Gasteiger partial charge in [-0.05, 0) is 88.7 Å². The zero-order valence-corrected chi connectivity index (χ0v) is 13.1. The zero-order valence-electron chi connectivity index (χ0n) is 13.1. The summed E-state index contributed by atoms with van der Waals surface area (Å²) in [5.41, 5.74) is 3.11. The topological polar surface area (TPSA) is 12.5 Å². The van der Waals surface area contributed by atoms with E-state index in [9.17, 15) is 0 Å². The monoisotopic (exact) mass is 273 g/mol. The maximum absolute atomic E-state index is 5.82. The third-order valence-electron chi connectivity index (χ3n) is 4.92. The van der Waals surface area contributed by atoms with Gasteiger partial charge in [-0.2, -0.15) is 0 Å². The summed E-state index contributed by atoms with van der Waals surface area (Å²) in [7, 11) is 2.28. The van der Waals surface area contributed by atoms with Crippen molar-refractivity contribution in [1.82, 2.24) is 4.90 Å². The van der Waals surface area contributed by atoms with Crippen molar-refractivity contribution in [2.24, 2.45) is 0 Å². The summed E-state index contributed by atoms with van der Waals surface area (Å²) in [5.74, 6) is 1.81. The highest BCUT2D eigenvalue weighted by atomic mass is 16.5. The first-order valence-corrected chi connectivity index (χ1v) is 8.13. The fraction of sp³-hybridized carbons (Fsp3) is 0.667. The van der Waals surface area contributed by atoms with Crippen molar-refractivity contribution in [1.29, 1.82) is 0 Å². The molecule has 0 unspecified atom stereocenters. The van der Waals surface area contributed by atoms with Crippen molar-refractivity contribution >= 4 is 0 Å². The largest absolute Gasteiger partial charge is 0.491 e. The van der Waals surface area contributed by atoms with Gasteiger partial charge in [0.2, 0.25) is 0 Å². The quantitative estimate of drug-likeness (QED) is 0.822. The zero-order chi connectivity index (χ0) is 14.1. The number of likely N-dealkylation sites (tertiary alicyclic amines) is 1. The third kappa shape index (κ3) is 2.85. The van der Waals surface area contributed by atoms with Gasteiger partial charge in [-0.15, -0.1) is 0 Å². The lowest BCUT2D eigenvalue weighted by Gasteiger charge is -2.23. The molecule has 0 N–H and O–H groups in total. The molecular weight excluding hydrogens is 246 g/mol. The van der Waals surface area contributed by atoms with Crippen molar-refractivity contribution < 1.29 is 4.74 Å². The van der Waals surface area contributed by atoms with Crippen LogP contribution < -0.4 is 4.74 Å². The Hall–Kier alpha value is -1.02. The lowest BCUT2D eigenvalue weighted by atomic mass is 9.93. The number of hydrogen-bond acceptors (Lipinski definition) is 2. The molecule has 20 heavy (non-hydrogen) atoms. The van der Waals surface area contributed by atoms with E-state index >= 15 is 0 Å². The SMILES string of the molecule is CC(C)Oc1ccc2c(c1)CC[C@@H]2C[C@H]1CCCN1C. The first-order chi connectivity index (χ1) is 9.63. The number of rotatable bonds is 4. The van der Waals surface area contributed by atoms with E-state index in [0.29, 0.717) is 0 Å². The maximum Gasteiger partial charge on any atom is 0.119 e. The molecule has 1 fully saturated rings. The molecule has 0 aromatic heterocycles. The second kappa shape index (κ2) is 5.77. The van der Waals surface area contributed by atoms with E-state index in [0.717, 1.165) is 17.7 Å². The minimum Gasteiger partial charge on any atom is -0.491 e. The van der Waals surface area contributed by atoms with Crippen molar-refractivity contribution in [2.75, 3.05) is 13.6 Å². The van der Waals surface area contributed by atoms with Crippen LogP contribution in [0.1, 0.15) is 56.6 Å². The standard InChI is InChI=1S/C18H27NO/c1-13(2)20-17-8-9-18-14(6-7-15(18)12-17)11-16-5-4-10-19(16)3/h8-9,12-14,16H,4-7,10-11H2,1-3H3/t14-,16-/m1/s1. The van der Waals surface area contributed by atoms with E-state index in [1.54, 1.807) is 5.56 Å². The smallest absolute Gasteiger partial charge is 0.119 e. The summed E-state index contributed by atoms with van der Waals surface area (Å²) in [6.45, 7) is 5.46. The Morgan fingerprint density at radius 1 is 1.30 bits per heavy atom. The van der Waals surface area contributed by atoms with Gasteiger partial charge in [-0.1, -0.05) is 6.07 Å². The molecule has 1 aromatic carbocycles. The van der Waals surface area contributed by atoms with Crippen molar-refractivity contribution in [3.8, 4) is 5.75 Å². The number of hydrogen-bond donors (Lipinski definition) is 0. The Morgan fingerprint density at radius 2 is 2.15 bits per heavy atom. The van der Waals surface area contributed by atoms with Gasteiger partial charge in [-0.25, -0.2) is 0 Å². The summed E-state index contributed by atoms with van der Waals surface area (Å²) < 4.78 is 5.82. The molecule has 110 valence electrons. The number of benzene rings is 1. The minimum absolute atomic E-state index is 0.261. The predicted molar refractivity (Wildman–Crippen MR) is 83.5 cm³/mol. The highest BCUT2D eigenvalue weighted by molar-refractivity contribution is 5.41. The molecule has 2 heteroatoms. The Labute approximate surface area is 123 Å². The molecule has 1 aromatic rings. The fourth-order valence-corrected chi connectivity index (χ4v) is 3.88. The van der Waals surface area contributed by atoms with Gasteiger partial charge in [-0.3, -0.25) is 0 Å². The van der Waals surface area contributed by atoms with Crippen molar-refractivity contribution in [2.45, 2.75) is 64.0 Å². The molecular formula is C18H27NO. The second-order valence-electron chi connectivity index (χ2n) is 6.78. The minimum atomic E-state index is 0.261. The molecule has 2 aliphatic rings. The average molecular weight is 273 g/mol. The van der Waals surface area contributed by atoms with Crippen molar-refractivity contribution in [3.63, 3.8) is 0 Å². The first kappa shape index (κ1) is 13.9. The third-order valence-corrected chi connectivity index (χ3v) is 4.92. The lowest BCUT2D eigenvalue weighted by molar-refractivity contribution is 0.242. The van der Waals surface area contributed by atoms with Gasteiger partial charge >= 0.3 is 0 Å². The normalized spacial score (nSPS) is 26.2. The van der Waals surface area contributed by atoms with E-state index in [2.05, 4.69) is 44.0 Å². The molecule has 0 radical (unpaired) electrons. The van der Waals surface area contributed by atoms with Gasteiger partial charge in [0.05, 0.1) is 6.10 Å². The first-order valence-electron chi connectivity index (χ1n) is 8.13.